The third-order valence-corrected chi connectivity index (χ3v) is 2.62. The van der Waals surface area contributed by atoms with Gasteiger partial charge in [-0.25, -0.2) is 0 Å². The zero-order valence-corrected chi connectivity index (χ0v) is 8.18. The largest absolute Gasteiger partial charge is 0.392 e. The molecule has 0 bridgehead atoms. The Hall–Kier alpha value is -0.190. The highest BCUT2D eigenvalue weighted by molar-refractivity contribution is 7.80. The van der Waals surface area contributed by atoms with Crippen LogP contribution in [0.5, 0.6) is 0 Å². The summed E-state index contributed by atoms with van der Waals surface area (Å²) in [7, 11) is 0. The molecule has 0 aromatic carbocycles. The zero-order chi connectivity index (χ0) is 9.14. The van der Waals surface area contributed by atoms with Crippen LogP contribution in [-0.4, -0.2) is 40.2 Å². The van der Waals surface area contributed by atoms with Crippen molar-refractivity contribution in [2.75, 3.05) is 13.1 Å². The van der Waals surface area contributed by atoms with Gasteiger partial charge in [-0.05, 0) is 12.8 Å². The van der Waals surface area contributed by atoms with Crippen molar-refractivity contribution in [1.29, 1.82) is 0 Å². The van der Waals surface area contributed by atoms with Crippen LogP contribution < -0.4 is 5.73 Å². The lowest BCUT2D eigenvalue weighted by Crippen LogP contribution is -2.42. The van der Waals surface area contributed by atoms with E-state index < -0.39 is 0 Å². The number of hydrogen-bond acceptors (Lipinski definition) is 3. The molecule has 0 radical (unpaired) electrons. The maximum atomic E-state index is 9.30. The molecule has 0 saturated carbocycles. The molecule has 3 N–H and O–H groups in total. The predicted molar refractivity (Wildman–Crippen MR) is 53.1 cm³/mol. The van der Waals surface area contributed by atoms with Crippen LogP contribution in [0.1, 0.15) is 19.8 Å². The first kappa shape index (κ1) is 9.89. The molecule has 4 heteroatoms. The summed E-state index contributed by atoms with van der Waals surface area (Å²) in [4.78, 5) is 2.71. The molecule has 3 nitrogen and oxygen atoms in total. The van der Waals surface area contributed by atoms with E-state index in [-0.39, 0.29) is 12.1 Å². The molecule has 1 aliphatic rings. The molecule has 70 valence electrons. The normalized spacial score (nSPS) is 27.3. The van der Waals surface area contributed by atoms with Gasteiger partial charge >= 0.3 is 0 Å². The lowest BCUT2D eigenvalue weighted by molar-refractivity contribution is 0.170. The van der Waals surface area contributed by atoms with Gasteiger partial charge in [0.25, 0.3) is 0 Å². The summed E-state index contributed by atoms with van der Waals surface area (Å²) in [6.07, 6.45) is 1.59. The number of nitrogens with two attached hydrogens (primary N) is 1. The van der Waals surface area contributed by atoms with Gasteiger partial charge in [-0.1, -0.05) is 19.1 Å². The van der Waals surface area contributed by atoms with E-state index in [1.54, 1.807) is 0 Å². The van der Waals surface area contributed by atoms with Crippen LogP contribution in [0, 0.1) is 0 Å². The monoisotopic (exact) mass is 188 g/mol. The van der Waals surface area contributed by atoms with Crippen molar-refractivity contribution in [2.24, 2.45) is 5.73 Å². The van der Waals surface area contributed by atoms with E-state index in [9.17, 15) is 5.11 Å². The predicted octanol–water partition coefficient (Wildman–Crippen LogP) is 0.118. The summed E-state index contributed by atoms with van der Waals surface area (Å²) in [6.45, 7) is 3.70. The van der Waals surface area contributed by atoms with Gasteiger partial charge in [0, 0.05) is 13.1 Å². The molecular formula is C8H16N2OS. The second-order valence-electron chi connectivity index (χ2n) is 3.26. The summed E-state index contributed by atoms with van der Waals surface area (Å²) >= 11 is 4.95. The first-order valence-electron chi connectivity index (χ1n) is 4.36. The summed E-state index contributed by atoms with van der Waals surface area (Å²) in [5.41, 5.74) is 5.58. The number of β-amino-alcohol motifs (C(OH)–C–C–N with tert-alkyl or cyclic N) is 1. The summed E-state index contributed by atoms with van der Waals surface area (Å²) in [5.74, 6) is 0. The van der Waals surface area contributed by atoms with Crippen LogP contribution >= 0.6 is 12.2 Å². The SMILES string of the molecule is CCC(C(N)=S)N1CCC(O)C1. The summed E-state index contributed by atoms with van der Waals surface area (Å²) in [5, 5.41) is 9.30. The number of nitrogens with zero attached hydrogens (tertiary/aromatic N) is 1. The van der Waals surface area contributed by atoms with E-state index in [4.69, 9.17) is 18.0 Å². The van der Waals surface area contributed by atoms with Crippen molar-refractivity contribution in [3.8, 4) is 0 Å². The second kappa shape index (κ2) is 4.16. The summed E-state index contributed by atoms with van der Waals surface area (Å²) < 4.78 is 0. The number of thiocarbonyl (C=S) groups is 1. The Bertz CT molecular complexity index is 174. The standard InChI is InChI=1S/C8H16N2OS/c1-2-7(8(9)12)10-4-3-6(11)5-10/h6-7,11H,2-5H2,1H3,(H2,9,12). The smallest absolute Gasteiger partial charge is 0.0901 e. The second-order valence-corrected chi connectivity index (χ2v) is 3.74. The molecule has 12 heavy (non-hydrogen) atoms. The van der Waals surface area contributed by atoms with E-state index in [0.717, 1.165) is 25.9 Å². The lowest BCUT2D eigenvalue weighted by atomic mass is 10.2. The Kier molecular flexibility index (Phi) is 3.43. The van der Waals surface area contributed by atoms with Gasteiger partial charge in [-0.2, -0.15) is 0 Å². The number of rotatable bonds is 3. The van der Waals surface area contributed by atoms with Crippen LogP contribution in [0.25, 0.3) is 0 Å². The molecule has 1 aliphatic heterocycles. The molecule has 2 atom stereocenters. The molecule has 0 aliphatic carbocycles. The molecule has 0 aromatic heterocycles. The average molecular weight is 188 g/mol. The van der Waals surface area contributed by atoms with Crippen molar-refractivity contribution in [3.05, 3.63) is 0 Å². The van der Waals surface area contributed by atoms with E-state index >= 15 is 0 Å². The molecule has 1 heterocycles. The fraction of sp³-hybridized carbons (Fsp3) is 0.875. The van der Waals surface area contributed by atoms with Gasteiger partial charge in [0.2, 0.25) is 0 Å². The zero-order valence-electron chi connectivity index (χ0n) is 7.36. The van der Waals surface area contributed by atoms with Crippen molar-refractivity contribution < 1.29 is 5.11 Å². The Morgan fingerprint density at radius 1 is 1.83 bits per heavy atom. The average Bonchev–Trinajstić information content (AvgIpc) is 2.37. The number of aliphatic hydroxyl groups is 1. The molecule has 1 saturated heterocycles. The molecule has 0 spiro atoms. The topological polar surface area (TPSA) is 49.5 Å². The van der Waals surface area contributed by atoms with Crippen molar-refractivity contribution >= 4 is 17.2 Å². The van der Waals surface area contributed by atoms with Crippen molar-refractivity contribution in [2.45, 2.75) is 31.9 Å². The Morgan fingerprint density at radius 2 is 2.50 bits per heavy atom. The minimum absolute atomic E-state index is 0.178. The van der Waals surface area contributed by atoms with Gasteiger partial charge in [-0.15, -0.1) is 0 Å². The van der Waals surface area contributed by atoms with Crippen molar-refractivity contribution in [3.63, 3.8) is 0 Å². The minimum atomic E-state index is -0.187. The summed E-state index contributed by atoms with van der Waals surface area (Å²) in [6, 6.07) is 0.178. The molecule has 1 fully saturated rings. The van der Waals surface area contributed by atoms with E-state index in [0.29, 0.717) is 4.99 Å². The van der Waals surface area contributed by atoms with Crippen LogP contribution in [-0.2, 0) is 0 Å². The maximum Gasteiger partial charge on any atom is 0.0901 e. The van der Waals surface area contributed by atoms with Crippen LogP contribution in [0.15, 0.2) is 0 Å². The maximum absolute atomic E-state index is 9.30. The van der Waals surface area contributed by atoms with Gasteiger partial charge in [0.05, 0.1) is 17.1 Å². The fourth-order valence-corrected chi connectivity index (χ4v) is 2.01. The first-order valence-corrected chi connectivity index (χ1v) is 4.77. The van der Waals surface area contributed by atoms with Crippen LogP contribution in [0.4, 0.5) is 0 Å². The van der Waals surface area contributed by atoms with Crippen LogP contribution in [0.2, 0.25) is 0 Å². The van der Waals surface area contributed by atoms with E-state index in [1.807, 2.05) is 0 Å². The Labute approximate surface area is 78.5 Å². The van der Waals surface area contributed by atoms with Gasteiger partial charge in [-0.3, -0.25) is 4.90 Å². The van der Waals surface area contributed by atoms with Crippen LogP contribution in [0.3, 0.4) is 0 Å². The number of likely N-dealkylation sites (tertiary alicyclic amines) is 1. The van der Waals surface area contributed by atoms with E-state index in [1.165, 1.54) is 0 Å². The minimum Gasteiger partial charge on any atom is -0.392 e. The Morgan fingerprint density at radius 3 is 2.83 bits per heavy atom. The molecule has 0 amide bonds. The first-order chi connectivity index (χ1) is 5.65. The van der Waals surface area contributed by atoms with Crippen molar-refractivity contribution in [1.82, 2.24) is 4.90 Å². The number of hydrogen-bond donors (Lipinski definition) is 2. The molecule has 2 unspecified atom stereocenters. The highest BCUT2D eigenvalue weighted by atomic mass is 32.1. The fourth-order valence-electron chi connectivity index (χ4n) is 1.69. The third kappa shape index (κ3) is 2.15. The molecule has 0 aromatic rings. The van der Waals surface area contributed by atoms with E-state index in [2.05, 4.69) is 11.8 Å². The quantitative estimate of drug-likeness (QED) is 0.618. The highest BCUT2D eigenvalue weighted by Crippen LogP contribution is 2.14. The molecular weight excluding hydrogens is 172 g/mol. The third-order valence-electron chi connectivity index (χ3n) is 2.35. The number of aliphatic hydroxyl groups excluding tert-OH is 1. The lowest BCUT2D eigenvalue weighted by Gasteiger charge is -2.24. The highest BCUT2D eigenvalue weighted by Gasteiger charge is 2.27. The van der Waals surface area contributed by atoms with Gasteiger partial charge in [0.1, 0.15) is 0 Å². The molecule has 1 rings (SSSR count). The van der Waals surface area contributed by atoms with Gasteiger partial charge < -0.3 is 10.8 Å². The van der Waals surface area contributed by atoms with Gasteiger partial charge in [0.15, 0.2) is 0 Å². The Balaban J connectivity index is 2.49.